The maximum absolute atomic E-state index is 13.3. The largest absolute Gasteiger partial charge is 0.462 e. The van der Waals surface area contributed by atoms with Gasteiger partial charge in [0.15, 0.2) is 0 Å². The zero-order valence-electron chi connectivity index (χ0n) is 21.2. The third-order valence-electron chi connectivity index (χ3n) is 6.30. The summed E-state index contributed by atoms with van der Waals surface area (Å²) in [5, 5.41) is 8.47. The molecule has 0 aliphatic carbocycles. The molecular formula is C28H30N4O4. The lowest BCUT2D eigenvalue weighted by Crippen LogP contribution is -2.25. The Bertz CT molecular complexity index is 1500. The molecule has 8 nitrogen and oxygen atoms in total. The van der Waals surface area contributed by atoms with E-state index in [1.54, 1.807) is 47.5 Å². The number of anilines is 1. The number of hydrogen-bond acceptors (Lipinski definition) is 5. The molecule has 0 fully saturated rings. The van der Waals surface area contributed by atoms with Crippen LogP contribution in [0.4, 0.5) is 5.69 Å². The Kier molecular flexibility index (Phi) is 7.05. The number of pyridine rings is 1. The number of carbonyl (C=O) groups is 2. The van der Waals surface area contributed by atoms with Crippen molar-refractivity contribution in [2.24, 2.45) is 7.05 Å². The molecule has 36 heavy (non-hydrogen) atoms. The van der Waals surface area contributed by atoms with Crippen molar-refractivity contribution in [2.45, 2.75) is 40.5 Å². The molecule has 0 unspecified atom stereocenters. The van der Waals surface area contributed by atoms with Gasteiger partial charge in [0.25, 0.3) is 5.56 Å². The van der Waals surface area contributed by atoms with E-state index in [2.05, 4.69) is 5.32 Å². The molecule has 0 saturated carbocycles. The van der Waals surface area contributed by atoms with Crippen molar-refractivity contribution in [3.05, 3.63) is 86.8 Å². The summed E-state index contributed by atoms with van der Waals surface area (Å²) < 4.78 is 8.39. The summed E-state index contributed by atoms with van der Waals surface area (Å²) in [6.07, 6.45) is 0.447. The Hall–Kier alpha value is -4.20. The predicted molar refractivity (Wildman–Crippen MR) is 140 cm³/mol. The van der Waals surface area contributed by atoms with Crippen LogP contribution in [0.5, 0.6) is 0 Å². The summed E-state index contributed by atoms with van der Waals surface area (Å²) in [5.41, 5.74) is 5.88. The van der Waals surface area contributed by atoms with Gasteiger partial charge in [-0.3, -0.25) is 14.2 Å². The highest BCUT2D eigenvalue weighted by atomic mass is 16.5. The second kappa shape index (κ2) is 10.2. The fraction of sp³-hybridized carbons (Fsp3) is 0.286. The fourth-order valence-electron chi connectivity index (χ4n) is 4.40. The molecule has 2 aromatic carbocycles. The zero-order valence-corrected chi connectivity index (χ0v) is 21.2. The molecule has 0 spiro atoms. The topological polar surface area (TPSA) is 95.2 Å². The number of aromatic nitrogens is 3. The van der Waals surface area contributed by atoms with Crippen molar-refractivity contribution < 1.29 is 14.3 Å². The number of carbonyl (C=O) groups excluding carboxylic acids is 2. The van der Waals surface area contributed by atoms with E-state index in [0.29, 0.717) is 29.8 Å². The number of nitrogens with zero attached hydrogens (tertiary/aromatic N) is 3. The smallest absolute Gasteiger partial charge is 0.338 e. The van der Waals surface area contributed by atoms with Crippen LogP contribution in [-0.4, -0.2) is 32.8 Å². The first-order chi connectivity index (χ1) is 17.2. The van der Waals surface area contributed by atoms with Crippen molar-refractivity contribution in [1.82, 2.24) is 14.3 Å². The molecule has 1 N–H and O–H groups in total. The number of amides is 1. The summed E-state index contributed by atoms with van der Waals surface area (Å²) in [6, 6.07) is 14.5. The zero-order chi connectivity index (χ0) is 26.0. The monoisotopic (exact) mass is 486 g/mol. The second-order valence-corrected chi connectivity index (χ2v) is 8.85. The molecule has 4 aromatic rings. The van der Waals surface area contributed by atoms with Crippen LogP contribution in [0.25, 0.3) is 16.7 Å². The molecule has 8 heteroatoms. The van der Waals surface area contributed by atoms with Crippen LogP contribution in [0.1, 0.15) is 46.1 Å². The average Bonchev–Trinajstić information content (AvgIpc) is 3.21. The highest BCUT2D eigenvalue weighted by Gasteiger charge is 2.20. The van der Waals surface area contributed by atoms with Crippen molar-refractivity contribution in [2.75, 3.05) is 11.9 Å². The van der Waals surface area contributed by atoms with E-state index >= 15 is 0 Å². The standard InChI is InChI=1S/C28H30N4O4/c1-6-36-28(35)20-9-11-21(12-10-20)29-24(33)16-15-23-18(3)25-19(4)30-32(26(25)31(5)27(23)34)22-13-7-17(2)8-14-22/h7-14H,6,15-16H2,1-5H3,(H,29,33). The highest BCUT2D eigenvalue weighted by Crippen LogP contribution is 2.26. The summed E-state index contributed by atoms with van der Waals surface area (Å²) in [5.74, 6) is -0.620. The number of rotatable bonds is 7. The molecule has 4 rings (SSSR count). The number of nitrogens with one attached hydrogen (secondary N) is 1. The molecule has 0 aliphatic rings. The van der Waals surface area contributed by atoms with E-state index in [9.17, 15) is 14.4 Å². The van der Waals surface area contributed by atoms with Crippen LogP contribution in [0.2, 0.25) is 0 Å². The number of ether oxygens (including phenoxy) is 1. The molecule has 186 valence electrons. The Morgan fingerprint density at radius 1 is 1.00 bits per heavy atom. The average molecular weight is 487 g/mol. The SMILES string of the molecule is CCOC(=O)c1ccc(NC(=O)CCc2c(C)c3c(C)nn(-c4ccc(C)cc4)c3n(C)c2=O)cc1. The summed E-state index contributed by atoms with van der Waals surface area (Å²) >= 11 is 0. The first kappa shape index (κ1) is 24.9. The van der Waals surface area contributed by atoms with Gasteiger partial charge in [-0.15, -0.1) is 0 Å². The van der Waals surface area contributed by atoms with Crippen LogP contribution in [0.3, 0.4) is 0 Å². The molecule has 0 saturated heterocycles. The van der Waals surface area contributed by atoms with Gasteiger partial charge in [-0.25, -0.2) is 9.48 Å². The van der Waals surface area contributed by atoms with Gasteiger partial charge in [0, 0.05) is 30.1 Å². The quantitative estimate of drug-likeness (QED) is 0.391. The first-order valence-electron chi connectivity index (χ1n) is 11.9. The van der Waals surface area contributed by atoms with E-state index in [1.807, 2.05) is 45.0 Å². The lowest BCUT2D eigenvalue weighted by molar-refractivity contribution is -0.116. The van der Waals surface area contributed by atoms with Crippen molar-refractivity contribution >= 4 is 28.6 Å². The van der Waals surface area contributed by atoms with Crippen LogP contribution in [0.15, 0.2) is 53.3 Å². The molecule has 0 aliphatic heterocycles. The number of aryl methyl sites for hydroxylation is 4. The van der Waals surface area contributed by atoms with Crippen LogP contribution < -0.4 is 10.9 Å². The molecule has 0 atom stereocenters. The Labute approximate surface area is 209 Å². The minimum Gasteiger partial charge on any atom is -0.462 e. The second-order valence-electron chi connectivity index (χ2n) is 8.85. The molecule has 2 heterocycles. The van der Waals surface area contributed by atoms with E-state index in [1.165, 1.54) is 0 Å². The summed E-state index contributed by atoms with van der Waals surface area (Å²) in [6.45, 7) is 7.92. The van der Waals surface area contributed by atoms with E-state index in [0.717, 1.165) is 33.5 Å². The molecule has 1 amide bonds. The van der Waals surface area contributed by atoms with E-state index in [4.69, 9.17) is 9.84 Å². The van der Waals surface area contributed by atoms with Gasteiger partial charge in [-0.1, -0.05) is 17.7 Å². The van der Waals surface area contributed by atoms with Gasteiger partial charge in [0.2, 0.25) is 5.91 Å². The van der Waals surface area contributed by atoms with Crippen LogP contribution in [0, 0.1) is 20.8 Å². The van der Waals surface area contributed by atoms with E-state index < -0.39 is 5.97 Å². The maximum atomic E-state index is 13.3. The third-order valence-corrected chi connectivity index (χ3v) is 6.30. The van der Waals surface area contributed by atoms with Gasteiger partial charge in [0.1, 0.15) is 5.65 Å². The van der Waals surface area contributed by atoms with Crippen molar-refractivity contribution in [1.29, 1.82) is 0 Å². The van der Waals surface area contributed by atoms with Gasteiger partial charge in [0.05, 0.1) is 23.6 Å². The molecule has 0 bridgehead atoms. The minimum absolute atomic E-state index is 0.139. The normalized spacial score (nSPS) is 11.0. The minimum atomic E-state index is -0.405. The number of hydrogen-bond donors (Lipinski definition) is 1. The Morgan fingerprint density at radius 3 is 2.31 bits per heavy atom. The van der Waals surface area contributed by atoms with Gasteiger partial charge in [-0.2, -0.15) is 5.10 Å². The first-order valence-corrected chi connectivity index (χ1v) is 11.9. The molecular weight excluding hydrogens is 456 g/mol. The van der Waals surface area contributed by atoms with Gasteiger partial charge >= 0.3 is 5.97 Å². The molecule has 2 aromatic heterocycles. The predicted octanol–water partition coefficient (Wildman–Crippen LogP) is 4.40. The third kappa shape index (κ3) is 4.79. The summed E-state index contributed by atoms with van der Waals surface area (Å²) in [7, 11) is 1.74. The lowest BCUT2D eigenvalue weighted by atomic mass is 10.0. The number of fused-ring (bicyclic) bond motifs is 1. The molecule has 0 radical (unpaired) electrons. The van der Waals surface area contributed by atoms with Gasteiger partial charge in [-0.05, 0) is 76.1 Å². The highest BCUT2D eigenvalue weighted by molar-refractivity contribution is 5.93. The maximum Gasteiger partial charge on any atom is 0.338 e. The Balaban J connectivity index is 1.56. The van der Waals surface area contributed by atoms with Crippen molar-refractivity contribution in [3.63, 3.8) is 0 Å². The lowest BCUT2D eigenvalue weighted by Gasteiger charge is -2.13. The number of benzene rings is 2. The fourth-order valence-corrected chi connectivity index (χ4v) is 4.40. The summed E-state index contributed by atoms with van der Waals surface area (Å²) in [4.78, 5) is 37.8. The van der Waals surface area contributed by atoms with Crippen molar-refractivity contribution in [3.8, 4) is 5.69 Å². The van der Waals surface area contributed by atoms with Crippen LogP contribution in [-0.2, 0) is 23.0 Å². The van der Waals surface area contributed by atoms with Gasteiger partial charge < -0.3 is 10.1 Å². The Morgan fingerprint density at radius 2 is 1.67 bits per heavy atom. The number of esters is 1. The van der Waals surface area contributed by atoms with E-state index in [-0.39, 0.29) is 17.9 Å². The van der Waals surface area contributed by atoms with Crippen LogP contribution >= 0.6 is 0 Å².